The van der Waals surface area contributed by atoms with Gasteiger partial charge in [-0.3, -0.25) is 0 Å². The maximum absolute atomic E-state index is 11.3. The van der Waals surface area contributed by atoms with Gasteiger partial charge in [-0.1, -0.05) is 63.5 Å². The third kappa shape index (κ3) is 13.8. The molecule has 0 aliphatic carbocycles. The van der Waals surface area contributed by atoms with Gasteiger partial charge in [0.15, 0.2) is 0 Å². The summed E-state index contributed by atoms with van der Waals surface area (Å²) in [5.41, 5.74) is 10.2. The lowest BCUT2D eigenvalue weighted by Gasteiger charge is -2.02. The van der Waals surface area contributed by atoms with E-state index in [0.717, 1.165) is 10.9 Å². The Hall–Kier alpha value is -1.33. The van der Waals surface area contributed by atoms with Gasteiger partial charge in [0, 0.05) is 31.6 Å². The lowest BCUT2D eigenvalue weighted by molar-refractivity contribution is 0.588. The highest BCUT2D eigenvalue weighted by Crippen LogP contribution is 2.10. The SMILES string of the molecule is BrCc1ccccc1.CNS(=O)(=O)c1ccc(CN=[N+]=[N-])cc1.O=S(=O)(Cl)Cl. The third-order valence-electron chi connectivity index (χ3n) is 2.82. The second-order valence-corrected chi connectivity index (χ2v) is 10.9. The van der Waals surface area contributed by atoms with Crippen LogP contribution in [0.2, 0.25) is 0 Å². The molecule has 0 saturated carbocycles. The zero-order valence-electron chi connectivity index (χ0n) is 14.5. The molecule has 154 valence electrons. The summed E-state index contributed by atoms with van der Waals surface area (Å²) in [6, 6.07) is 16.4. The molecule has 0 radical (unpaired) electrons. The highest BCUT2D eigenvalue weighted by Gasteiger charge is 2.09. The van der Waals surface area contributed by atoms with Crippen LogP contribution in [0.5, 0.6) is 0 Å². The first-order chi connectivity index (χ1) is 13.0. The maximum Gasteiger partial charge on any atom is 0.317 e. The van der Waals surface area contributed by atoms with Crippen molar-refractivity contribution in [3.8, 4) is 0 Å². The summed E-state index contributed by atoms with van der Waals surface area (Å²) < 4.78 is 43.2. The number of nitrogens with one attached hydrogen (secondary N) is 1. The van der Waals surface area contributed by atoms with Crippen molar-refractivity contribution in [2.24, 2.45) is 5.11 Å². The van der Waals surface area contributed by atoms with Gasteiger partial charge in [0.1, 0.15) is 0 Å². The fourth-order valence-electron chi connectivity index (χ4n) is 1.57. The van der Waals surface area contributed by atoms with E-state index in [-0.39, 0.29) is 11.4 Å². The van der Waals surface area contributed by atoms with Crippen molar-refractivity contribution in [2.75, 3.05) is 7.05 Å². The quantitative estimate of drug-likeness (QED) is 0.197. The van der Waals surface area contributed by atoms with Gasteiger partial charge in [0.2, 0.25) is 10.0 Å². The van der Waals surface area contributed by atoms with Crippen LogP contribution in [0, 0.1) is 0 Å². The summed E-state index contributed by atoms with van der Waals surface area (Å²) in [5.74, 6) is 0. The molecule has 0 aliphatic rings. The number of hydrogen-bond acceptors (Lipinski definition) is 5. The van der Waals surface area contributed by atoms with E-state index < -0.39 is 18.3 Å². The minimum atomic E-state index is -3.72. The summed E-state index contributed by atoms with van der Waals surface area (Å²) in [7, 11) is 2.77. The number of hydrogen-bond donors (Lipinski definition) is 1. The van der Waals surface area contributed by atoms with Crippen LogP contribution in [0.25, 0.3) is 10.4 Å². The normalized spacial score (nSPS) is 10.4. The first-order valence-corrected chi connectivity index (χ1v) is 13.0. The van der Waals surface area contributed by atoms with Crippen LogP contribution in [0.3, 0.4) is 0 Å². The fourth-order valence-corrected chi connectivity index (χ4v) is 2.68. The Bertz CT molecular complexity index is 959. The molecule has 0 bridgehead atoms. The summed E-state index contributed by atoms with van der Waals surface area (Å²) in [6.07, 6.45) is 0. The largest absolute Gasteiger partial charge is 0.317 e. The van der Waals surface area contributed by atoms with Crippen molar-refractivity contribution in [1.29, 1.82) is 0 Å². The molecule has 28 heavy (non-hydrogen) atoms. The first-order valence-electron chi connectivity index (χ1n) is 7.31. The van der Waals surface area contributed by atoms with Gasteiger partial charge in [-0.05, 0) is 35.8 Å². The molecule has 2 rings (SSSR count). The molecular formula is C15H17BrCl2N4O4S2. The number of benzene rings is 2. The zero-order valence-corrected chi connectivity index (χ0v) is 19.3. The predicted molar refractivity (Wildman–Crippen MR) is 115 cm³/mol. The van der Waals surface area contributed by atoms with Gasteiger partial charge in [-0.2, -0.15) is 8.42 Å². The van der Waals surface area contributed by atoms with Crippen LogP contribution in [-0.4, -0.2) is 23.9 Å². The molecule has 0 amide bonds. The van der Waals surface area contributed by atoms with E-state index in [4.69, 9.17) is 13.9 Å². The monoisotopic (exact) mass is 530 g/mol. The van der Waals surface area contributed by atoms with E-state index in [1.165, 1.54) is 24.7 Å². The van der Waals surface area contributed by atoms with Crippen LogP contribution in [0.1, 0.15) is 11.1 Å². The minimum absolute atomic E-state index is 0.190. The molecule has 0 fully saturated rings. The Morgan fingerprint density at radius 1 is 1.00 bits per heavy atom. The molecule has 0 spiro atoms. The molecule has 2 aromatic carbocycles. The number of alkyl halides is 1. The molecule has 0 aliphatic heterocycles. The highest BCUT2D eigenvalue weighted by molar-refractivity contribution is 9.08. The van der Waals surface area contributed by atoms with Gasteiger partial charge in [0.05, 0.1) is 11.4 Å². The minimum Gasteiger partial charge on any atom is -0.214 e. The Balaban J connectivity index is 0.000000466. The van der Waals surface area contributed by atoms with E-state index in [2.05, 4.69) is 64.2 Å². The highest BCUT2D eigenvalue weighted by atomic mass is 79.9. The Labute approximate surface area is 181 Å². The second kappa shape index (κ2) is 13.8. The standard InChI is InChI=1S/C8H10N4O2S.C7H7Br.Cl2O2S/c1-10-15(13,14)8-4-2-7(3-5-8)6-11-12-9;8-6-7-4-2-1-3-5-7;1-5(2,3)4/h2-5,10H,6H2,1H3;1-5H,6H2;. The van der Waals surface area contributed by atoms with Gasteiger partial charge < -0.3 is 0 Å². The van der Waals surface area contributed by atoms with Crippen molar-refractivity contribution >= 4 is 55.6 Å². The predicted octanol–water partition coefficient (Wildman–Crippen LogP) is 4.70. The maximum atomic E-state index is 11.3. The Morgan fingerprint density at radius 2 is 1.50 bits per heavy atom. The number of sulfonamides is 1. The summed E-state index contributed by atoms with van der Waals surface area (Å²) >= 11 is 3.36. The van der Waals surface area contributed by atoms with E-state index in [1.807, 2.05) is 18.2 Å². The number of halogens is 3. The number of nitrogens with zero attached hydrogens (tertiary/aromatic N) is 3. The molecule has 8 nitrogen and oxygen atoms in total. The van der Waals surface area contributed by atoms with Crippen LogP contribution in [0.15, 0.2) is 64.6 Å². The summed E-state index contributed by atoms with van der Waals surface area (Å²) in [6.45, 7) is 0.219. The van der Waals surface area contributed by atoms with Crippen molar-refractivity contribution in [1.82, 2.24) is 4.72 Å². The number of rotatable bonds is 5. The van der Waals surface area contributed by atoms with Crippen LogP contribution in [0.4, 0.5) is 0 Å². The molecule has 0 unspecified atom stereocenters. The third-order valence-corrected chi connectivity index (χ3v) is 4.89. The van der Waals surface area contributed by atoms with Crippen molar-refractivity contribution in [3.05, 3.63) is 76.2 Å². The molecule has 0 heterocycles. The molecule has 2 aromatic rings. The van der Waals surface area contributed by atoms with Gasteiger partial charge in [-0.15, -0.1) is 0 Å². The second-order valence-electron chi connectivity index (χ2n) is 4.74. The van der Waals surface area contributed by atoms with Gasteiger partial charge in [-0.25, -0.2) is 13.1 Å². The topological polar surface area (TPSA) is 129 Å². The van der Waals surface area contributed by atoms with E-state index in [9.17, 15) is 8.42 Å². The van der Waals surface area contributed by atoms with Crippen LogP contribution >= 0.6 is 37.3 Å². The molecule has 0 saturated heterocycles. The molecular weight excluding hydrogens is 515 g/mol. The molecule has 1 N–H and O–H groups in total. The van der Waals surface area contributed by atoms with Crippen LogP contribution < -0.4 is 4.72 Å². The fraction of sp³-hybridized carbons (Fsp3) is 0.200. The van der Waals surface area contributed by atoms with E-state index in [1.54, 1.807) is 12.1 Å². The van der Waals surface area contributed by atoms with Gasteiger partial charge in [0.25, 0.3) is 0 Å². The molecule has 13 heteroatoms. The Morgan fingerprint density at radius 3 is 1.86 bits per heavy atom. The Kier molecular flexibility index (Phi) is 13.1. The van der Waals surface area contributed by atoms with E-state index in [0.29, 0.717) is 0 Å². The van der Waals surface area contributed by atoms with Crippen molar-refractivity contribution < 1.29 is 16.8 Å². The summed E-state index contributed by atoms with van der Waals surface area (Å²) in [4.78, 5) is 2.80. The van der Waals surface area contributed by atoms with Crippen molar-refractivity contribution in [3.63, 3.8) is 0 Å². The zero-order chi connectivity index (χ0) is 21.6. The smallest absolute Gasteiger partial charge is 0.214 e. The van der Waals surface area contributed by atoms with Crippen molar-refractivity contribution in [2.45, 2.75) is 16.8 Å². The summed E-state index contributed by atoms with van der Waals surface area (Å²) in [5, 5.41) is 4.32. The number of azide groups is 1. The lowest BCUT2D eigenvalue weighted by Crippen LogP contribution is -2.18. The average molecular weight is 532 g/mol. The molecule has 0 atom stereocenters. The average Bonchev–Trinajstić information content (AvgIpc) is 2.66. The lowest BCUT2D eigenvalue weighted by atomic mass is 10.2. The first kappa shape index (κ1) is 26.7. The van der Waals surface area contributed by atoms with Crippen LogP contribution in [-0.2, 0) is 30.2 Å². The molecule has 0 aromatic heterocycles. The van der Waals surface area contributed by atoms with Gasteiger partial charge >= 0.3 is 8.26 Å². The van der Waals surface area contributed by atoms with E-state index >= 15 is 0 Å².